The van der Waals surface area contributed by atoms with Crippen LogP contribution in [-0.2, 0) is 14.3 Å². The molecule has 0 aliphatic rings. The number of amides is 2. The second-order valence-electron chi connectivity index (χ2n) is 5.40. The molecule has 0 aromatic heterocycles. The van der Waals surface area contributed by atoms with Crippen LogP contribution in [0, 0.1) is 18.6 Å². The zero-order chi connectivity index (χ0) is 19.1. The molecule has 26 heavy (non-hydrogen) atoms. The Labute approximate surface area is 148 Å². The number of halogens is 2. The molecule has 2 aromatic rings. The Bertz CT molecular complexity index is 840. The number of esters is 1. The maximum atomic E-state index is 13.0. The van der Waals surface area contributed by atoms with Crippen molar-refractivity contribution >= 4 is 23.5 Å². The second-order valence-corrected chi connectivity index (χ2v) is 5.40. The Hall–Kier alpha value is -3.29. The summed E-state index contributed by atoms with van der Waals surface area (Å²) in [4.78, 5) is 35.1. The lowest BCUT2D eigenvalue weighted by atomic mass is 10.1. The van der Waals surface area contributed by atoms with Gasteiger partial charge in [0, 0.05) is 11.8 Å². The number of hydrogen-bond acceptors (Lipinski definition) is 4. The van der Waals surface area contributed by atoms with E-state index in [2.05, 4.69) is 10.6 Å². The van der Waals surface area contributed by atoms with Gasteiger partial charge in [-0.3, -0.25) is 9.59 Å². The summed E-state index contributed by atoms with van der Waals surface area (Å²) in [7, 11) is 0. The molecule has 0 saturated heterocycles. The van der Waals surface area contributed by atoms with Crippen molar-refractivity contribution in [2.24, 2.45) is 0 Å². The van der Waals surface area contributed by atoms with Gasteiger partial charge in [0.1, 0.15) is 0 Å². The number of nitrogens with one attached hydrogen (secondary N) is 2. The quantitative estimate of drug-likeness (QED) is 0.772. The molecule has 2 rings (SSSR count). The van der Waals surface area contributed by atoms with Crippen molar-refractivity contribution in [3.05, 3.63) is 65.2 Å². The molecule has 8 heteroatoms. The summed E-state index contributed by atoms with van der Waals surface area (Å²) in [6.45, 7) is 0.847. The van der Waals surface area contributed by atoms with Gasteiger partial charge < -0.3 is 15.4 Å². The lowest BCUT2D eigenvalue weighted by Crippen LogP contribution is -2.35. The number of carbonyl (C=O) groups excluding carboxylic acids is 3. The summed E-state index contributed by atoms with van der Waals surface area (Å²) in [6, 6.07) is 9.55. The lowest BCUT2D eigenvalue weighted by Gasteiger charge is -2.08. The van der Waals surface area contributed by atoms with Crippen LogP contribution in [0.25, 0.3) is 0 Å². The third-order valence-electron chi connectivity index (χ3n) is 3.24. The maximum absolute atomic E-state index is 13.0. The molecule has 0 atom stereocenters. The SMILES string of the molecule is Cc1cccc(C(=O)OCC(=O)NCC(=O)Nc2ccc(F)c(F)c2)c1. The average Bonchev–Trinajstić information content (AvgIpc) is 2.61. The fraction of sp³-hybridized carbons (Fsp3) is 0.167. The van der Waals surface area contributed by atoms with Gasteiger partial charge in [-0.15, -0.1) is 0 Å². The number of aryl methyl sites for hydroxylation is 1. The Kier molecular flexibility index (Phi) is 6.37. The number of carbonyl (C=O) groups is 3. The molecule has 0 aliphatic heterocycles. The highest BCUT2D eigenvalue weighted by atomic mass is 19.2. The summed E-state index contributed by atoms with van der Waals surface area (Å²) >= 11 is 0. The molecule has 2 N–H and O–H groups in total. The van der Waals surface area contributed by atoms with E-state index in [0.29, 0.717) is 5.56 Å². The molecule has 0 spiro atoms. The van der Waals surface area contributed by atoms with Gasteiger partial charge in [0.15, 0.2) is 18.2 Å². The smallest absolute Gasteiger partial charge is 0.338 e. The van der Waals surface area contributed by atoms with Gasteiger partial charge in [-0.05, 0) is 31.2 Å². The molecular weight excluding hydrogens is 346 g/mol. The van der Waals surface area contributed by atoms with E-state index in [1.54, 1.807) is 18.2 Å². The molecule has 0 saturated carbocycles. The van der Waals surface area contributed by atoms with Crippen LogP contribution in [0.2, 0.25) is 0 Å². The highest BCUT2D eigenvalue weighted by Crippen LogP contribution is 2.12. The van der Waals surface area contributed by atoms with Crippen molar-refractivity contribution in [2.75, 3.05) is 18.5 Å². The monoisotopic (exact) mass is 362 g/mol. The molecule has 0 aliphatic carbocycles. The summed E-state index contributed by atoms with van der Waals surface area (Å²) < 4.78 is 30.7. The van der Waals surface area contributed by atoms with Crippen LogP contribution in [0.1, 0.15) is 15.9 Å². The minimum absolute atomic E-state index is 0.0500. The van der Waals surface area contributed by atoms with Crippen LogP contribution in [0.15, 0.2) is 42.5 Å². The van der Waals surface area contributed by atoms with Crippen LogP contribution in [0.3, 0.4) is 0 Å². The van der Waals surface area contributed by atoms with E-state index < -0.39 is 42.6 Å². The molecule has 0 radical (unpaired) electrons. The molecule has 136 valence electrons. The van der Waals surface area contributed by atoms with Crippen molar-refractivity contribution in [1.82, 2.24) is 5.32 Å². The molecular formula is C18H16F2N2O4. The molecule has 2 amide bonds. The maximum Gasteiger partial charge on any atom is 0.338 e. The molecule has 6 nitrogen and oxygen atoms in total. The molecule has 2 aromatic carbocycles. The third kappa shape index (κ3) is 5.66. The summed E-state index contributed by atoms with van der Waals surface area (Å²) in [5.74, 6) is -4.11. The van der Waals surface area contributed by atoms with Crippen LogP contribution in [-0.4, -0.2) is 30.9 Å². The number of ether oxygens (including phenoxy) is 1. The molecule has 0 unspecified atom stereocenters. The fourth-order valence-corrected chi connectivity index (χ4v) is 2.00. The first-order valence-corrected chi connectivity index (χ1v) is 7.60. The highest BCUT2D eigenvalue weighted by Gasteiger charge is 2.12. The van der Waals surface area contributed by atoms with Gasteiger partial charge in [0.25, 0.3) is 5.91 Å². The van der Waals surface area contributed by atoms with Crippen molar-refractivity contribution < 1.29 is 27.9 Å². The fourth-order valence-electron chi connectivity index (χ4n) is 2.00. The van der Waals surface area contributed by atoms with Gasteiger partial charge in [-0.2, -0.15) is 0 Å². The minimum atomic E-state index is -1.10. The first-order chi connectivity index (χ1) is 12.3. The van der Waals surface area contributed by atoms with Gasteiger partial charge in [-0.1, -0.05) is 17.7 Å². The predicted molar refractivity (Wildman–Crippen MR) is 89.5 cm³/mol. The molecule has 0 heterocycles. The van der Waals surface area contributed by atoms with Crippen LogP contribution in [0.4, 0.5) is 14.5 Å². The zero-order valence-electron chi connectivity index (χ0n) is 13.8. The minimum Gasteiger partial charge on any atom is -0.452 e. The zero-order valence-corrected chi connectivity index (χ0v) is 13.8. The number of hydrogen-bond donors (Lipinski definition) is 2. The normalized spacial score (nSPS) is 10.1. The van der Waals surface area contributed by atoms with Crippen molar-refractivity contribution in [1.29, 1.82) is 0 Å². The van der Waals surface area contributed by atoms with E-state index in [9.17, 15) is 23.2 Å². The van der Waals surface area contributed by atoms with E-state index in [0.717, 1.165) is 17.7 Å². The highest BCUT2D eigenvalue weighted by molar-refractivity contribution is 5.95. The van der Waals surface area contributed by atoms with Crippen molar-refractivity contribution in [2.45, 2.75) is 6.92 Å². The Morgan fingerprint density at radius 1 is 1.00 bits per heavy atom. The second kappa shape index (κ2) is 8.70. The Morgan fingerprint density at radius 3 is 2.46 bits per heavy atom. The number of benzene rings is 2. The van der Waals surface area contributed by atoms with E-state index in [-0.39, 0.29) is 5.69 Å². The van der Waals surface area contributed by atoms with E-state index in [1.165, 1.54) is 6.07 Å². The van der Waals surface area contributed by atoms with E-state index in [4.69, 9.17) is 4.74 Å². The molecule has 0 fully saturated rings. The van der Waals surface area contributed by atoms with Gasteiger partial charge in [-0.25, -0.2) is 13.6 Å². The van der Waals surface area contributed by atoms with E-state index >= 15 is 0 Å². The number of rotatable bonds is 6. The van der Waals surface area contributed by atoms with Crippen molar-refractivity contribution in [3.63, 3.8) is 0 Å². The summed E-state index contributed by atoms with van der Waals surface area (Å²) in [5, 5.41) is 4.55. The van der Waals surface area contributed by atoms with Gasteiger partial charge in [0.2, 0.25) is 5.91 Å². The Morgan fingerprint density at radius 2 is 1.77 bits per heavy atom. The van der Waals surface area contributed by atoms with Gasteiger partial charge >= 0.3 is 5.97 Å². The largest absolute Gasteiger partial charge is 0.452 e. The van der Waals surface area contributed by atoms with Crippen molar-refractivity contribution in [3.8, 4) is 0 Å². The first-order valence-electron chi connectivity index (χ1n) is 7.60. The standard InChI is InChI=1S/C18H16F2N2O4/c1-11-3-2-4-12(7-11)18(25)26-10-17(24)21-9-16(23)22-13-5-6-14(19)15(20)8-13/h2-8H,9-10H2,1H3,(H,21,24)(H,22,23). The topological polar surface area (TPSA) is 84.5 Å². The van der Waals surface area contributed by atoms with Gasteiger partial charge in [0.05, 0.1) is 12.1 Å². The van der Waals surface area contributed by atoms with Crippen LogP contribution >= 0.6 is 0 Å². The third-order valence-corrected chi connectivity index (χ3v) is 3.24. The summed E-state index contributed by atoms with van der Waals surface area (Å²) in [5.41, 5.74) is 1.24. The predicted octanol–water partition coefficient (Wildman–Crippen LogP) is 2.18. The van der Waals surface area contributed by atoms with Crippen LogP contribution < -0.4 is 10.6 Å². The average molecular weight is 362 g/mol. The summed E-state index contributed by atoms with van der Waals surface area (Å²) in [6.07, 6.45) is 0. The molecule has 0 bridgehead atoms. The Balaban J connectivity index is 1.74. The number of anilines is 1. The van der Waals surface area contributed by atoms with Crippen LogP contribution in [0.5, 0.6) is 0 Å². The van der Waals surface area contributed by atoms with E-state index in [1.807, 2.05) is 13.0 Å². The first kappa shape index (κ1) is 19.0. The lowest BCUT2D eigenvalue weighted by molar-refractivity contribution is -0.126.